The van der Waals surface area contributed by atoms with Crippen molar-refractivity contribution in [1.29, 1.82) is 0 Å². The Kier molecular flexibility index (Phi) is 30.8. The number of carbonyl (C=O) groups excluding carboxylic acids is 1. The molecule has 0 aliphatic carbocycles. The lowest BCUT2D eigenvalue weighted by Gasteiger charge is -2.06. The largest absolute Gasteiger partial charge is 0.466 e. The number of allylic oxidation sites excluding steroid dienone is 2. The fraction of sp³-hybridized carbons (Fsp3) is 0.914. The van der Waals surface area contributed by atoms with Gasteiger partial charge in [0, 0.05) is 6.42 Å². The number of hydrogen-bond donors (Lipinski definition) is 0. The van der Waals surface area contributed by atoms with Gasteiger partial charge in [0.1, 0.15) is 0 Å². The number of hydrogen-bond acceptors (Lipinski definition) is 2. The fourth-order valence-electron chi connectivity index (χ4n) is 5.01. The third-order valence-corrected chi connectivity index (χ3v) is 7.58. The molecule has 2 heteroatoms. The van der Waals surface area contributed by atoms with Crippen molar-refractivity contribution in [2.24, 2.45) is 5.92 Å². The molecule has 0 aromatic carbocycles. The van der Waals surface area contributed by atoms with Crippen LogP contribution in [0.5, 0.6) is 0 Å². The maximum Gasteiger partial charge on any atom is 0.305 e. The van der Waals surface area contributed by atoms with Gasteiger partial charge in [0.15, 0.2) is 0 Å². The first-order chi connectivity index (χ1) is 18.2. The lowest BCUT2D eigenvalue weighted by Crippen LogP contribution is -2.05. The molecule has 0 spiro atoms. The van der Waals surface area contributed by atoms with Crippen molar-refractivity contribution in [3.8, 4) is 0 Å². The SMILES string of the molecule is CCCC/C=C\CCCCCCCC(=O)OCCCCCCCCCCCCCCCCCCC(C)C. The molecule has 0 amide bonds. The van der Waals surface area contributed by atoms with Crippen molar-refractivity contribution < 1.29 is 9.53 Å². The molecule has 0 fully saturated rings. The first-order valence-electron chi connectivity index (χ1n) is 17.0. The lowest BCUT2D eigenvalue weighted by molar-refractivity contribution is -0.143. The Labute approximate surface area is 234 Å². The van der Waals surface area contributed by atoms with Crippen molar-refractivity contribution in [1.82, 2.24) is 0 Å². The van der Waals surface area contributed by atoms with E-state index in [0.29, 0.717) is 13.0 Å². The van der Waals surface area contributed by atoms with E-state index < -0.39 is 0 Å². The van der Waals surface area contributed by atoms with E-state index in [2.05, 4.69) is 32.9 Å². The quantitative estimate of drug-likeness (QED) is 0.0534. The second-order valence-corrected chi connectivity index (χ2v) is 12.0. The third-order valence-electron chi connectivity index (χ3n) is 7.58. The zero-order chi connectivity index (χ0) is 27.1. The lowest BCUT2D eigenvalue weighted by atomic mass is 10.0. The van der Waals surface area contributed by atoms with Crippen molar-refractivity contribution in [2.45, 2.75) is 194 Å². The average molecular weight is 521 g/mol. The molecule has 0 aromatic heterocycles. The van der Waals surface area contributed by atoms with Crippen molar-refractivity contribution >= 4 is 5.97 Å². The molecule has 0 aliphatic heterocycles. The molecule has 0 heterocycles. The van der Waals surface area contributed by atoms with Crippen molar-refractivity contribution in [2.75, 3.05) is 6.61 Å². The second-order valence-electron chi connectivity index (χ2n) is 12.0. The highest BCUT2D eigenvalue weighted by atomic mass is 16.5. The number of ether oxygens (including phenoxy) is 1. The van der Waals surface area contributed by atoms with Gasteiger partial charge >= 0.3 is 5.97 Å². The summed E-state index contributed by atoms with van der Waals surface area (Å²) in [5, 5.41) is 0. The molecule has 0 saturated carbocycles. The summed E-state index contributed by atoms with van der Waals surface area (Å²) in [6.07, 6.45) is 39.8. The van der Waals surface area contributed by atoms with E-state index in [1.807, 2.05) is 0 Å². The normalized spacial score (nSPS) is 11.7. The smallest absolute Gasteiger partial charge is 0.305 e. The average Bonchev–Trinajstić information content (AvgIpc) is 2.88. The summed E-state index contributed by atoms with van der Waals surface area (Å²) in [4.78, 5) is 11.9. The van der Waals surface area contributed by atoms with Gasteiger partial charge in [0.2, 0.25) is 0 Å². The molecule has 0 rings (SSSR count). The van der Waals surface area contributed by atoms with E-state index in [0.717, 1.165) is 25.2 Å². The zero-order valence-electron chi connectivity index (χ0n) is 25.8. The Morgan fingerprint density at radius 2 is 0.946 bits per heavy atom. The molecule has 37 heavy (non-hydrogen) atoms. The second kappa shape index (κ2) is 31.4. The van der Waals surface area contributed by atoms with Crippen LogP contribution in [0.4, 0.5) is 0 Å². The van der Waals surface area contributed by atoms with E-state index in [9.17, 15) is 4.79 Å². The number of rotatable bonds is 30. The monoisotopic (exact) mass is 521 g/mol. The Morgan fingerprint density at radius 1 is 0.541 bits per heavy atom. The van der Waals surface area contributed by atoms with Gasteiger partial charge in [-0.2, -0.15) is 0 Å². The van der Waals surface area contributed by atoms with Gasteiger partial charge in [-0.25, -0.2) is 0 Å². The summed E-state index contributed by atoms with van der Waals surface area (Å²) in [6.45, 7) is 7.54. The van der Waals surface area contributed by atoms with E-state index in [-0.39, 0.29) is 5.97 Å². The third kappa shape index (κ3) is 33.2. The van der Waals surface area contributed by atoms with Crippen molar-refractivity contribution in [3.63, 3.8) is 0 Å². The standard InChI is InChI=1S/C35H68O2/c1-4-5-6-7-8-9-16-20-23-26-29-32-35(36)37-33-30-27-24-21-18-15-13-11-10-12-14-17-19-22-25-28-31-34(2)3/h7-8,34H,4-6,9-33H2,1-3H3/b8-7-. The molecule has 0 aromatic rings. The van der Waals surface area contributed by atoms with Gasteiger partial charge in [-0.1, -0.05) is 168 Å². The maximum absolute atomic E-state index is 11.9. The molecule has 220 valence electrons. The van der Waals surface area contributed by atoms with Crippen LogP contribution in [0.3, 0.4) is 0 Å². The predicted molar refractivity (Wildman–Crippen MR) is 165 cm³/mol. The van der Waals surface area contributed by atoms with Gasteiger partial charge in [-0.3, -0.25) is 4.79 Å². The van der Waals surface area contributed by atoms with Crippen LogP contribution < -0.4 is 0 Å². The molecular weight excluding hydrogens is 452 g/mol. The Morgan fingerprint density at radius 3 is 1.43 bits per heavy atom. The number of carbonyl (C=O) groups is 1. The highest BCUT2D eigenvalue weighted by Crippen LogP contribution is 2.15. The van der Waals surface area contributed by atoms with Crippen LogP contribution in [0, 0.1) is 5.92 Å². The Hall–Kier alpha value is -0.790. The maximum atomic E-state index is 11.9. The fourth-order valence-corrected chi connectivity index (χ4v) is 5.01. The molecule has 0 aliphatic rings. The zero-order valence-corrected chi connectivity index (χ0v) is 25.8. The summed E-state index contributed by atoms with van der Waals surface area (Å²) in [7, 11) is 0. The van der Waals surface area contributed by atoms with Gasteiger partial charge < -0.3 is 4.74 Å². The van der Waals surface area contributed by atoms with Crippen LogP contribution in [0.1, 0.15) is 194 Å². The van der Waals surface area contributed by atoms with Crippen LogP contribution in [-0.2, 0) is 9.53 Å². The molecule has 2 nitrogen and oxygen atoms in total. The van der Waals surface area contributed by atoms with Gasteiger partial charge in [0.05, 0.1) is 6.61 Å². The summed E-state index contributed by atoms with van der Waals surface area (Å²) >= 11 is 0. The van der Waals surface area contributed by atoms with Crippen LogP contribution in [0.2, 0.25) is 0 Å². The number of unbranched alkanes of at least 4 members (excludes halogenated alkanes) is 22. The van der Waals surface area contributed by atoms with Crippen LogP contribution in [-0.4, -0.2) is 12.6 Å². The van der Waals surface area contributed by atoms with Crippen LogP contribution in [0.25, 0.3) is 0 Å². The summed E-state index contributed by atoms with van der Waals surface area (Å²) < 4.78 is 5.42. The molecule has 0 unspecified atom stereocenters. The predicted octanol–water partition coefficient (Wildman–Crippen LogP) is 12.3. The van der Waals surface area contributed by atoms with E-state index >= 15 is 0 Å². The highest BCUT2D eigenvalue weighted by Gasteiger charge is 2.02. The van der Waals surface area contributed by atoms with Crippen LogP contribution >= 0.6 is 0 Å². The van der Waals surface area contributed by atoms with E-state index in [1.54, 1.807) is 0 Å². The van der Waals surface area contributed by atoms with Crippen LogP contribution in [0.15, 0.2) is 12.2 Å². The van der Waals surface area contributed by atoms with Gasteiger partial charge in [-0.15, -0.1) is 0 Å². The highest BCUT2D eigenvalue weighted by molar-refractivity contribution is 5.69. The van der Waals surface area contributed by atoms with Crippen molar-refractivity contribution in [3.05, 3.63) is 12.2 Å². The molecule has 0 bridgehead atoms. The topological polar surface area (TPSA) is 26.3 Å². The summed E-state index contributed by atoms with van der Waals surface area (Å²) in [5.74, 6) is 0.893. The summed E-state index contributed by atoms with van der Waals surface area (Å²) in [5.41, 5.74) is 0. The van der Waals surface area contributed by atoms with E-state index in [1.165, 1.54) is 148 Å². The molecular formula is C35H68O2. The van der Waals surface area contributed by atoms with E-state index in [4.69, 9.17) is 4.74 Å². The molecule has 0 saturated heterocycles. The molecule has 0 N–H and O–H groups in total. The minimum Gasteiger partial charge on any atom is -0.466 e. The minimum absolute atomic E-state index is 0.0143. The minimum atomic E-state index is 0.0143. The molecule has 0 radical (unpaired) electrons. The van der Waals surface area contributed by atoms with Gasteiger partial charge in [-0.05, 0) is 38.0 Å². The van der Waals surface area contributed by atoms with Gasteiger partial charge in [0.25, 0.3) is 0 Å². The summed E-state index contributed by atoms with van der Waals surface area (Å²) in [6, 6.07) is 0. The Balaban J connectivity index is 3.16. The first-order valence-corrected chi connectivity index (χ1v) is 17.0. The Bertz CT molecular complexity index is 468. The first kappa shape index (κ1) is 36.2. The number of esters is 1. The molecule has 0 atom stereocenters.